The smallest absolute Gasteiger partial charge is 0.259 e. The van der Waals surface area contributed by atoms with Crippen LogP contribution in [0.25, 0.3) is 0 Å². The molecule has 1 unspecified atom stereocenters. The molecule has 2 N–H and O–H groups in total. The van der Waals surface area contributed by atoms with Crippen LogP contribution >= 0.6 is 0 Å². The first-order valence-corrected chi connectivity index (χ1v) is 8.76. The van der Waals surface area contributed by atoms with E-state index in [1.165, 1.54) is 0 Å². The van der Waals surface area contributed by atoms with Crippen molar-refractivity contribution in [1.29, 1.82) is 0 Å². The molecule has 2 aromatic carbocycles. The number of carbonyl (C=O) groups is 2. The highest BCUT2D eigenvalue weighted by atomic mass is 16.5. The van der Waals surface area contributed by atoms with E-state index in [1.54, 1.807) is 30.3 Å². The number of nitrogens with one attached hydrogen (secondary N) is 2. The van der Waals surface area contributed by atoms with Gasteiger partial charge >= 0.3 is 0 Å². The highest BCUT2D eigenvalue weighted by Crippen LogP contribution is 2.27. The number of rotatable bonds is 5. The van der Waals surface area contributed by atoms with Crippen molar-refractivity contribution in [1.82, 2.24) is 0 Å². The Hall–Kier alpha value is -2.86. The SMILES string of the molecule is O=C1Cc2cc(NC(=O)c3ccccc3OCC3CCCO3)ccc2N1. The molecule has 2 aliphatic heterocycles. The molecule has 6 heteroatoms. The first kappa shape index (κ1) is 16.6. The first-order valence-electron chi connectivity index (χ1n) is 8.76. The van der Waals surface area contributed by atoms with Crippen molar-refractivity contribution < 1.29 is 19.1 Å². The minimum Gasteiger partial charge on any atom is -0.490 e. The predicted molar refractivity (Wildman–Crippen MR) is 97.6 cm³/mol. The summed E-state index contributed by atoms with van der Waals surface area (Å²) in [6, 6.07) is 12.6. The molecule has 4 rings (SSSR count). The molecule has 1 saturated heterocycles. The lowest BCUT2D eigenvalue weighted by atomic mass is 10.1. The van der Waals surface area contributed by atoms with Gasteiger partial charge in [-0.25, -0.2) is 0 Å². The second-order valence-electron chi connectivity index (χ2n) is 6.49. The van der Waals surface area contributed by atoms with E-state index in [2.05, 4.69) is 10.6 Å². The van der Waals surface area contributed by atoms with E-state index < -0.39 is 0 Å². The third-order valence-electron chi connectivity index (χ3n) is 4.57. The van der Waals surface area contributed by atoms with E-state index >= 15 is 0 Å². The van der Waals surface area contributed by atoms with Crippen molar-refractivity contribution >= 4 is 23.2 Å². The summed E-state index contributed by atoms with van der Waals surface area (Å²) in [5, 5.41) is 5.66. The van der Waals surface area contributed by atoms with E-state index in [-0.39, 0.29) is 17.9 Å². The van der Waals surface area contributed by atoms with Gasteiger partial charge < -0.3 is 20.1 Å². The zero-order valence-corrected chi connectivity index (χ0v) is 14.3. The van der Waals surface area contributed by atoms with Crippen LogP contribution < -0.4 is 15.4 Å². The van der Waals surface area contributed by atoms with Crippen LogP contribution in [-0.4, -0.2) is 31.1 Å². The van der Waals surface area contributed by atoms with Crippen molar-refractivity contribution in [2.45, 2.75) is 25.4 Å². The molecule has 1 atom stereocenters. The molecule has 2 aliphatic rings. The van der Waals surface area contributed by atoms with Gasteiger partial charge in [0.25, 0.3) is 5.91 Å². The summed E-state index contributed by atoms with van der Waals surface area (Å²) in [4.78, 5) is 24.1. The van der Waals surface area contributed by atoms with Crippen LogP contribution in [0.2, 0.25) is 0 Å². The fourth-order valence-electron chi connectivity index (χ4n) is 3.24. The van der Waals surface area contributed by atoms with Gasteiger partial charge in [0, 0.05) is 18.0 Å². The molecule has 0 aromatic heterocycles. The summed E-state index contributed by atoms with van der Waals surface area (Å²) in [5.41, 5.74) is 2.81. The quantitative estimate of drug-likeness (QED) is 0.867. The van der Waals surface area contributed by atoms with Crippen LogP contribution in [0.1, 0.15) is 28.8 Å². The maximum Gasteiger partial charge on any atom is 0.259 e. The van der Waals surface area contributed by atoms with Crippen molar-refractivity contribution in [2.75, 3.05) is 23.8 Å². The average molecular weight is 352 g/mol. The zero-order valence-electron chi connectivity index (χ0n) is 14.3. The average Bonchev–Trinajstić information content (AvgIpc) is 3.28. The number of para-hydroxylation sites is 1. The Balaban J connectivity index is 1.46. The summed E-state index contributed by atoms with van der Waals surface area (Å²) in [5.74, 6) is 0.264. The highest BCUT2D eigenvalue weighted by Gasteiger charge is 2.20. The molecule has 2 heterocycles. The summed E-state index contributed by atoms with van der Waals surface area (Å²) >= 11 is 0. The van der Waals surface area contributed by atoms with E-state index in [0.717, 1.165) is 30.7 Å². The predicted octanol–water partition coefficient (Wildman–Crippen LogP) is 2.99. The molecule has 2 aromatic rings. The maximum atomic E-state index is 12.7. The molecule has 134 valence electrons. The van der Waals surface area contributed by atoms with E-state index in [4.69, 9.17) is 9.47 Å². The maximum absolute atomic E-state index is 12.7. The summed E-state index contributed by atoms with van der Waals surface area (Å²) in [6.07, 6.45) is 2.45. The van der Waals surface area contributed by atoms with Crippen molar-refractivity contribution in [3.63, 3.8) is 0 Å². The van der Waals surface area contributed by atoms with E-state index in [0.29, 0.717) is 30.0 Å². The third kappa shape index (κ3) is 3.55. The molecule has 6 nitrogen and oxygen atoms in total. The van der Waals surface area contributed by atoms with E-state index in [9.17, 15) is 9.59 Å². The Morgan fingerprint density at radius 2 is 2.15 bits per heavy atom. The number of benzene rings is 2. The van der Waals surface area contributed by atoms with Crippen molar-refractivity contribution in [2.24, 2.45) is 0 Å². The van der Waals surface area contributed by atoms with E-state index in [1.807, 2.05) is 12.1 Å². The molecular weight excluding hydrogens is 332 g/mol. The first-order chi connectivity index (χ1) is 12.7. The summed E-state index contributed by atoms with van der Waals surface area (Å²) in [6.45, 7) is 1.21. The molecule has 0 aliphatic carbocycles. The number of hydrogen-bond acceptors (Lipinski definition) is 4. The van der Waals surface area contributed by atoms with Crippen molar-refractivity contribution in [3.8, 4) is 5.75 Å². The van der Waals surface area contributed by atoms with Crippen LogP contribution in [0.15, 0.2) is 42.5 Å². The number of ether oxygens (including phenoxy) is 2. The van der Waals surface area contributed by atoms with Crippen LogP contribution in [0.5, 0.6) is 5.75 Å². The van der Waals surface area contributed by atoms with Gasteiger partial charge in [0.15, 0.2) is 0 Å². The topological polar surface area (TPSA) is 76.7 Å². The Morgan fingerprint density at radius 1 is 1.27 bits per heavy atom. The van der Waals surface area contributed by atoms with Gasteiger partial charge in [-0.2, -0.15) is 0 Å². The number of amides is 2. The lowest BCUT2D eigenvalue weighted by molar-refractivity contribution is -0.115. The molecule has 1 fully saturated rings. The summed E-state index contributed by atoms with van der Waals surface area (Å²) < 4.78 is 11.4. The Morgan fingerprint density at radius 3 is 3.00 bits per heavy atom. The molecular formula is C20H20N2O4. The minimum absolute atomic E-state index is 0.0312. The second-order valence-corrected chi connectivity index (χ2v) is 6.49. The molecule has 26 heavy (non-hydrogen) atoms. The largest absolute Gasteiger partial charge is 0.490 e. The normalized spacial score (nSPS) is 18.3. The van der Waals surface area contributed by atoms with Crippen LogP contribution in [0.4, 0.5) is 11.4 Å². The monoisotopic (exact) mass is 352 g/mol. The number of fused-ring (bicyclic) bond motifs is 1. The fraction of sp³-hybridized carbons (Fsp3) is 0.300. The van der Waals surface area contributed by atoms with Gasteiger partial charge in [-0.1, -0.05) is 12.1 Å². The lowest BCUT2D eigenvalue weighted by Crippen LogP contribution is -2.19. The highest BCUT2D eigenvalue weighted by molar-refractivity contribution is 6.07. The van der Waals surface area contributed by atoms with Gasteiger partial charge in [-0.05, 0) is 48.7 Å². The van der Waals surface area contributed by atoms with Crippen LogP contribution in [0, 0.1) is 0 Å². The van der Waals surface area contributed by atoms with Gasteiger partial charge in [0.05, 0.1) is 18.1 Å². The number of carbonyl (C=O) groups excluding carboxylic acids is 2. The van der Waals surface area contributed by atoms with Gasteiger partial charge in [-0.15, -0.1) is 0 Å². The zero-order chi connectivity index (χ0) is 17.9. The van der Waals surface area contributed by atoms with Crippen molar-refractivity contribution in [3.05, 3.63) is 53.6 Å². The van der Waals surface area contributed by atoms with Crippen LogP contribution in [0.3, 0.4) is 0 Å². The third-order valence-corrected chi connectivity index (χ3v) is 4.57. The fourth-order valence-corrected chi connectivity index (χ4v) is 3.24. The molecule has 2 amide bonds. The lowest BCUT2D eigenvalue weighted by Gasteiger charge is -2.14. The Kier molecular flexibility index (Phi) is 4.58. The Labute approximate surface area is 151 Å². The molecule has 0 bridgehead atoms. The van der Waals surface area contributed by atoms with Gasteiger partial charge in [0.1, 0.15) is 12.4 Å². The Bertz CT molecular complexity index is 843. The summed E-state index contributed by atoms with van der Waals surface area (Å²) in [7, 11) is 0. The standard InChI is InChI=1S/C20H20N2O4/c23-19-11-13-10-14(7-8-17(13)22-19)21-20(24)16-5-1-2-6-18(16)26-12-15-4-3-9-25-15/h1-2,5-8,10,15H,3-4,9,11-12H2,(H,21,24)(H,22,23). The minimum atomic E-state index is -0.245. The number of anilines is 2. The second kappa shape index (κ2) is 7.17. The molecule has 0 radical (unpaired) electrons. The van der Waals surface area contributed by atoms with Gasteiger partial charge in [0.2, 0.25) is 5.91 Å². The number of hydrogen-bond donors (Lipinski definition) is 2. The molecule has 0 saturated carbocycles. The van der Waals surface area contributed by atoms with Crippen LogP contribution in [-0.2, 0) is 16.0 Å². The molecule has 0 spiro atoms. The van der Waals surface area contributed by atoms with Gasteiger partial charge in [-0.3, -0.25) is 9.59 Å².